The standard InChI is InChI=1S/C33H36N6O3.C4H10/c1-4-35-33(32(24(2)34)38(3)27-17-19-30(20-18-27)42-29-12-6-5-7-13-29)39(23-40)28-11-8-10-26(22-28)37-31(41)14-9-21-36-25-15-16-25;1-3-4-2/h4-14,17-20,22-23,25,36H,1,15-16,21,34H2,2-3H3,(H,37,41);3-4H2,1-2H3/b14-9+,32-24-,35-33?;. The van der Waals surface area contributed by atoms with E-state index in [9.17, 15) is 9.59 Å². The lowest BCUT2D eigenvalue weighted by molar-refractivity contribution is -0.112. The Balaban J connectivity index is 0.00000136. The number of carbonyl (C=O) groups excluding carboxylic acids is 2. The number of rotatable bonds is 14. The highest BCUT2D eigenvalue weighted by molar-refractivity contribution is 6.20. The Bertz CT molecular complexity index is 1510. The van der Waals surface area contributed by atoms with E-state index in [4.69, 9.17) is 10.5 Å². The molecule has 9 nitrogen and oxygen atoms in total. The fourth-order valence-corrected chi connectivity index (χ4v) is 4.24. The molecule has 0 aliphatic heterocycles. The fraction of sp³-hybridized carbons (Fsp3) is 0.270. The second-order valence-electron chi connectivity index (χ2n) is 10.7. The molecular weight excluding hydrogens is 576 g/mol. The van der Waals surface area contributed by atoms with Crippen molar-refractivity contribution in [3.8, 4) is 11.5 Å². The molecule has 0 unspecified atom stereocenters. The average Bonchev–Trinajstić information content (AvgIpc) is 3.89. The van der Waals surface area contributed by atoms with Crippen molar-refractivity contribution in [2.75, 3.05) is 28.7 Å². The minimum atomic E-state index is -0.264. The Morgan fingerprint density at radius 3 is 2.26 bits per heavy atom. The Kier molecular flexibility index (Phi) is 14.3. The van der Waals surface area contributed by atoms with Crippen molar-refractivity contribution in [1.29, 1.82) is 0 Å². The Morgan fingerprint density at radius 2 is 1.67 bits per heavy atom. The van der Waals surface area contributed by atoms with Gasteiger partial charge in [-0.1, -0.05) is 63.6 Å². The van der Waals surface area contributed by atoms with Crippen LogP contribution in [0.15, 0.2) is 120 Å². The van der Waals surface area contributed by atoms with E-state index < -0.39 is 0 Å². The molecule has 4 rings (SSSR count). The number of ether oxygens (including phenoxy) is 1. The maximum Gasteiger partial charge on any atom is 0.248 e. The topological polar surface area (TPSA) is 112 Å². The molecule has 242 valence electrons. The summed E-state index contributed by atoms with van der Waals surface area (Å²) in [4.78, 5) is 32.6. The van der Waals surface area contributed by atoms with Gasteiger partial charge in [-0.3, -0.25) is 14.5 Å². The lowest BCUT2D eigenvalue weighted by Gasteiger charge is -2.29. The number of nitrogens with zero attached hydrogens (tertiary/aromatic N) is 3. The number of hydrogen-bond acceptors (Lipinski definition) is 7. The van der Waals surface area contributed by atoms with Crippen LogP contribution in [0.1, 0.15) is 46.5 Å². The summed E-state index contributed by atoms with van der Waals surface area (Å²) < 4.78 is 5.91. The van der Waals surface area contributed by atoms with E-state index in [2.05, 4.69) is 36.1 Å². The fourth-order valence-electron chi connectivity index (χ4n) is 4.24. The number of aliphatic imine (C=N–C) groups is 1. The summed E-state index contributed by atoms with van der Waals surface area (Å²) in [5.74, 6) is 1.41. The van der Waals surface area contributed by atoms with Crippen molar-refractivity contribution in [2.24, 2.45) is 10.7 Å². The Labute approximate surface area is 273 Å². The average molecular weight is 623 g/mol. The maximum atomic E-state index is 12.5. The highest BCUT2D eigenvalue weighted by Gasteiger charge is 2.24. The zero-order valence-corrected chi connectivity index (χ0v) is 27.3. The van der Waals surface area contributed by atoms with E-state index in [1.807, 2.05) is 66.5 Å². The third-order valence-electron chi connectivity index (χ3n) is 6.93. The van der Waals surface area contributed by atoms with E-state index in [1.165, 1.54) is 42.9 Å². The number of nitrogens with two attached hydrogens (primary N) is 1. The van der Waals surface area contributed by atoms with Gasteiger partial charge in [-0.25, -0.2) is 4.99 Å². The first-order valence-electron chi connectivity index (χ1n) is 15.6. The molecule has 0 spiro atoms. The number of allylic oxidation sites excluding steroid dienone is 1. The first kappa shape index (κ1) is 35.3. The lowest BCUT2D eigenvalue weighted by Crippen LogP contribution is -2.38. The van der Waals surface area contributed by atoms with E-state index in [-0.39, 0.29) is 11.7 Å². The summed E-state index contributed by atoms with van der Waals surface area (Å²) in [5.41, 5.74) is 9.11. The molecule has 4 N–H and O–H groups in total. The summed E-state index contributed by atoms with van der Waals surface area (Å²) in [6.07, 6.45) is 10.3. The third kappa shape index (κ3) is 11.1. The summed E-state index contributed by atoms with van der Waals surface area (Å²) in [7, 11) is 1.83. The smallest absolute Gasteiger partial charge is 0.248 e. The predicted octanol–water partition coefficient (Wildman–Crippen LogP) is 7.36. The molecule has 0 heterocycles. The zero-order valence-electron chi connectivity index (χ0n) is 27.3. The van der Waals surface area contributed by atoms with Gasteiger partial charge in [0.05, 0.1) is 5.69 Å². The van der Waals surface area contributed by atoms with Crippen LogP contribution in [0.5, 0.6) is 11.5 Å². The normalized spacial score (nSPS) is 13.2. The van der Waals surface area contributed by atoms with E-state index >= 15 is 0 Å². The molecule has 1 saturated carbocycles. The molecule has 0 atom stereocenters. The van der Waals surface area contributed by atoms with Crippen LogP contribution in [0.25, 0.3) is 0 Å². The second kappa shape index (κ2) is 18.6. The molecule has 2 amide bonds. The largest absolute Gasteiger partial charge is 0.457 e. The van der Waals surface area contributed by atoms with Gasteiger partial charge in [0.25, 0.3) is 0 Å². The molecule has 0 radical (unpaired) electrons. The third-order valence-corrected chi connectivity index (χ3v) is 6.93. The number of amides is 2. The van der Waals surface area contributed by atoms with Gasteiger partial charge in [-0.05, 0) is 74.4 Å². The van der Waals surface area contributed by atoms with Crippen LogP contribution in [0.3, 0.4) is 0 Å². The first-order chi connectivity index (χ1) is 22.3. The Hall–Kier alpha value is -5.15. The predicted molar refractivity (Wildman–Crippen MR) is 190 cm³/mol. The quantitative estimate of drug-likeness (QED) is 0.0750. The monoisotopic (exact) mass is 622 g/mol. The number of carbonyl (C=O) groups is 2. The van der Waals surface area contributed by atoms with Gasteiger partial charge in [0.15, 0.2) is 5.84 Å². The Morgan fingerprint density at radius 1 is 1.00 bits per heavy atom. The number of hydrogen-bond donors (Lipinski definition) is 3. The second-order valence-corrected chi connectivity index (χ2v) is 10.7. The molecule has 9 heteroatoms. The number of likely N-dealkylation sites (N-methyl/N-ethyl adjacent to an activating group) is 1. The van der Waals surface area contributed by atoms with E-state index in [0.717, 1.165) is 11.4 Å². The van der Waals surface area contributed by atoms with Gasteiger partial charge < -0.3 is 26.0 Å². The van der Waals surface area contributed by atoms with Gasteiger partial charge in [-0.15, -0.1) is 0 Å². The maximum absolute atomic E-state index is 12.5. The summed E-state index contributed by atoms with van der Waals surface area (Å²) >= 11 is 0. The number of anilines is 3. The SMILES string of the molecule is C=CN=C(/C(=C(\C)N)N(C)c1ccc(Oc2ccccc2)cc1)N(C=O)c1cccc(NC(=O)/C=C/CNC2CC2)c1.CCCC. The highest BCUT2D eigenvalue weighted by Crippen LogP contribution is 2.28. The van der Waals surface area contributed by atoms with Crippen LogP contribution in [0.2, 0.25) is 0 Å². The van der Waals surface area contributed by atoms with Crippen LogP contribution in [-0.4, -0.2) is 37.8 Å². The summed E-state index contributed by atoms with van der Waals surface area (Å²) in [6, 6.07) is 24.5. The molecular formula is C37H46N6O3. The molecule has 1 aliphatic carbocycles. The number of nitrogens with one attached hydrogen (secondary N) is 2. The molecule has 3 aromatic rings. The number of unbranched alkanes of at least 4 members (excludes halogenated alkanes) is 1. The molecule has 0 aromatic heterocycles. The molecule has 3 aromatic carbocycles. The highest BCUT2D eigenvalue weighted by atomic mass is 16.5. The molecule has 46 heavy (non-hydrogen) atoms. The molecule has 1 aliphatic rings. The molecule has 0 saturated heterocycles. The van der Waals surface area contributed by atoms with Gasteiger partial charge in [0, 0.05) is 49.0 Å². The lowest BCUT2D eigenvalue weighted by atomic mass is 10.2. The number of benzene rings is 3. The number of amidine groups is 1. The van der Waals surface area contributed by atoms with Crippen LogP contribution in [0, 0.1) is 0 Å². The van der Waals surface area contributed by atoms with E-state index in [0.29, 0.717) is 47.5 Å². The molecule has 1 fully saturated rings. The van der Waals surface area contributed by atoms with E-state index in [1.54, 1.807) is 37.3 Å². The van der Waals surface area contributed by atoms with Crippen molar-refractivity contribution in [3.05, 3.63) is 115 Å². The minimum Gasteiger partial charge on any atom is -0.457 e. The van der Waals surface area contributed by atoms with Crippen molar-refractivity contribution in [1.82, 2.24) is 5.32 Å². The van der Waals surface area contributed by atoms with Crippen LogP contribution in [-0.2, 0) is 9.59 Å². The summed E-state index contributed by atoms with van der Waals surface area (Å²) in [6.45, 7) is 10.5. The van der Waals surface area contributed by atoms with Gasteiger partial charge in [0.2, 0.25) is 12.3 Å². The zero-order chi connectivity index (χ0) is 33.3. The van der Waals surface area contributed by atoms with Gasteiger partial charge in [-0.2, -0.15) is 0 Å². The minimum absolute atomic E-state index is 0.264. The van der Waals surface area contributed by atoms with Crippen LogP contribution < -0.4 is 30.9 Å². The van der Waals surface area contributed by atoms with Crippen LogP contribution in [0.4, 0.5) is 17.1 Å². The van der Waals surface area contributed by atoms with Gasteiger partial charge in [0.1, 0.15) is 17.2 Å². The number of para-hydroxylation sites is 1. The summed E-state index contributed by atoms with van der Waals surface area (Å²) in [5, 5.41) is 6.17. The van der Waals surface area contributed by atoms with Crippen molar-refractivity contribution < 1.29 is 14.3 Å². The van der Waals surface area contributed by atoms with Crippen molar-refractivity contribution in [3.63, 3.8) is 0 Å². The van der Waals surface area contributed by atoms with Crippen molar-refractivity contribution in [2.45, 2.75) is 52.5 Å². The van der Waals surface area contributed by atoms with Gasteiger partial charge >= 0.3 is 0 Å². The first-order valence-corrected chi connectivity index (χ1v) is 15.6. The molecule has 0 bridgehead atoms. The van der Waals surface area contributed by atoms with Crippen LogP contribution >= 0.6 is 0 Å². The van der Waals surface area contributed by atoms with Crippen molar-refractivity contribution >= 4 is 35.2 Å².